The zero-order valence-electron chi connectivity index (χ0n) is 8.53. The molecule has 0 spiro atoms. The standard InChI is InChI=1S/C11H13N3S/c1-12-8-9-3-2-4-10(7-9)14-6-5-13-11(14)15/h2-7,12H,8H2,1H3,(H,13,15). The zero-order chi connectivity index (χ0) is 10.7. The van der Waals surface area contributed by atoms with Crippen molar-refractivity contribution in [2.45, 2.75) is 6.54 Å². The number of H-pyrrole nitrogens is 1. The number of nitrogens with zero attached hydrogens (tertiary/aromatic N) is 1. The molecular formula is C11H13N3S. The van der Waals surface area contributed by atoms with E-state index >= 15 is 0 Å². The van der Waals surface area contributed by atoms with Gasteiger partial charge in [-0.25, -0.2) is 0 Å². The highest BCUT2D eigenvalue weighted by molar-refractivity contribution is 7.71. The number of hydrogen-bond acceptors (Lipinski definition) is 2. The van der Waals surface area contributed by atoms with Gasteiger partial charge in [-0.1, -0.05) is 12.1 Å². The van der Waals surface area contributed by atoms with E-state index in [-0.39, 0.29) is 0 Å². The average Bonchev–Trinajstić information content (AvgIpc) is 2.65. The molecule has 0 aliphatic heterocycles. The van der Waals surface area contributed by atoms with Gasteiger partial charge in [0, 0.05) is 24.6 Å². The summed E-state index contributed by atoms with van der Waals surface area (Å²) < 4.78 is 2.67. The van der Waals surface area contributed by atoms with Crippen LogP contribution in [0.25, 0.3) is 5.69 Å². The van der Waals surface area contributed by atoms with Crippen LogP contribution in [0.1, 0.15) is 5.56 Å². The minimum absolute atomic E-state index is 0.719. The first-order valence-electron chi connectivity index (χ1n) is 4.81. The number of aromatic amines is 1. The zero-order valence-corrected chi connectivity index (χ0v) is 9.34. The Morgan fingerprint density at radius 2 is 2.33 bits per heavy atom. The molecule has 1 aromatic carbocycles. The Bertz CT molecular complexity index is 498. The fraction of sp³-hybridized carbons (Fsp3) is 0.182. The highest BCUT2D eigenvalue weighted by Crippen LogP contribution is 2.10. The number of nitrogens with one attached hydrogen (secondary N) is 2. The Morgan fingerprint density at radius 1 is 1.47 bits per heavy atom. The molecule has 1 heterocycles. The molecule has 1 aromatic heterocycles. The van der Waals surface area contributed by atoms with Crippen molar-refractivity contribution in [1.82, 2.24) is 14.9 Å². The van der Waals surface area contributed by atoms with Crippen LogP contribution in [0.3, 0.4) is 0 Å². The molecule has 0 bridgehead atoms. The largest absolute Gasteiger partial charge is 0.337 e. The van der Waals surface area contributed by atoms with E-state index in [9.17, 15) is 0 Å². The van der Waals surface area contributed by atoms with E-state index in [0.29, 0.717) is 0 Å². The van der Waals surface area contributed by atoms with E-state index in [1.165, 1.54) is 5.56 Å². The second-order valence-electron chi connectivity index (χ2n) is 3.34. The average molecular weight is 219 g/mol. The molecule has 0 radical (unpaired) electrons. The van der Waals surface area contributed by atoms with Crippen molar-refractivity contribution in [1.29, 1.82) is 0 Å². The molecule has 2 aromatic rings. The number of aromatic nitrogens is 2. The summed E-state index contributed by atoms with van der Waals surface area (Å²) >= 11 is 5.17. The van der Waals surface area contributed by atoms with Crippen LogP contribution in [-0.2, 0) is 6.54 Å². The first-order valence-corrected chi connectivity index (χ1v) is 5.22. The Hall–Kier alpha value is -1.39. The second kappa shape index (κ2) is 4.42. The normalized spacial score (nSPS) is 10.5. The summed E-state index contributed by atoms with van der Waals surface area (Å²) in [5, 5.41) is 3.13. The van der Waals surface area contributed by atoms with E-state index in [0.717, 1.165) is 17.0 Å². The van der Waals surface area contributed by atoms with Gasteiger partial charge in [-0.2, -0.15) is 0 Å². The molecule has 0 saturated carbocycles. The molecule has 2 N–H and O–H groups in total. The Balaban J connectivity index is 2.41. The molecule has 0 aliphatic carbocycles. The summed E-state index contributed by atoms with van der Waals surface area (Å²) in [5.41, 5.74) is 2.34. The fourth-order valence-electron chi connectivity index (χ4n) is 1.54. The predicted molar refractivity (Wildman–Crippen MR) is 63.7 cm³/mol. The minimum Gasteiger partial charge on any atom is -0.337 e. The summed E-state index contributed by atoms with van der Waals surface area (Å²) in [6, 6.07) is 8.30. The molecule has 0 atom stereocenters. The van der Waals surface area contributed by atoms with Crippen molar-refractivity contribution in [3.8, 4) is 5.69 Å². The molecule has 0 fully saturated rings. The predicted octanol–water partition coefficient (Wildman–Crippen LogP) is 2.25. The SMILES string of the molecule is CNCc1cccc(-n2cc[nH]c2=S)c1. The van der Waals surface area contributed by atoms with E-state index in [1.54, 1.807) is 0 Å². The van der Waals surface area contributed by atoms with E-state index < -0.39 is 0 Å². The third-order valence-electron chi connectivity index (χ3n) is 2.22. The minimum atomic E-state index is 0.719. The van der Waals surface area contributed by atoms with Crippen LogP contribution in [0.5, 0.6) is 0 Å². The Labute approximate surface area is 93.8 Å². The first-order chi connectivity index (χ1) is 7.31. The lowest BCUT2D eigenvalue weighted by Crippen LogP contribution is -2.05. The van der Waals surface area contributed by atoms with Gasteiger partial charge in [-0.15, -0.1) is 0 Å². The van der Waals surface area contributed by atoms with Crippen LogP contribution in [-0.4, -0.2) is 16.6 Å². The molecule has 0 saturated heterocycles. The number of imidazole rings is 1. The third-order valence-corrected chi connectivity index (χ3v) is 2.53. The number of benzene rings is 1. The molecule has 0 unspecified atom stereocenters. The summed E-state index contributed by atoms with van der Waals surface area (Å²) in [7, 11) is 1.94. The lowest BCUT2D eigenvalue weighted by Gasteiger charge is -2.05. The highest BCUT2D eigenvalue weighted by Gasteiger charge is 1.98. The van der Waals surface area contributed by atoms with Gasteiger partial charge in [0.2, 0.25) is 0 Å². The van der Waals surface area contributed by atoms with Crippen molar-refractivity contribution in [3.05, 3.63) is 47.0 Å². The van der Waals surface area contributed by atoms with Crippen LogP contribution in [0.4, 0.5) is 0 Å². The monoisotopic (exact) mass is 219 g/mol. The van der Waals surface area contributed by atoms with Crippen molar-refractivity contribution >= 4 is 12.2 Å². The van der Waals surface area contributed by atoms with Gasteiger partial charge in [-0.05, 0) is 37.0 Å². The van der Waals surface area contributed by atoms with Crippen molar-refractivity contribution < 1.29 is 0 Å². The summed E-state index contributed by atoms with van der Waals surface area (Å²) in [6.45, 7) is 0.867. The van der Waals surface area contributed by atoms with E-state index in [1.807, 2.05) is 36.1 Å². The van der Waals surface area contributed by atoms with Gasteiger partial charge in [0.15, 0.2) is 4.77 Å². The Morgan fingerprint density at radius 3 is 3.00 bits per heavy atom. The van der Waals surface area contributed by atoms with Gasteiger partial charge in [0.1, 0.15) is 0 Å². The van der Waals surface area contributed by atoms with Crippen molar-refractivity contribution in [2.75, 3.05) is 7.05 Å². The van der Waals surface area contributed by atoms with Crippen LogP contribution in [0, 0.1) is 4.77 Å². The molecule has 2 rings (SSSR count). The topological polar surface area (TPSA) is 32.8 Å². The number of rotatable bonds is 3. The number of hydrogen-bond donors (Lipinski definition) is 2. The third kappa shape index (κ3) is 2.16. The van der Waals surface area contributed by atoms with E-state index in [4.69, 9.17) is 12.2 Å². The molecule has 4 heteroatoms. The van der Waals surface area contributed by atoms with Crippen molar-refractivity contribution in [2.24, 2.45) is 0 Å². The smallest absolute Gasteiger partial charge is 0.181 e. The lowest BCUT2D eigenvalue weighted by molar-refractivity contribution is 0.816. The molecule has 78 valence electrons. The molecule has 0 amide bonds. The highest BCUT2D eigenvalue weighted by atomic mass is 32.1. The van der Waals surface area contributed by atoms with E-state index in [2.05, 4.69) is 22.4 Å². The summed E-state index contributed by atoms with van der Waals surface area (Å²) in [6.07, 6.45) is 3.77. The maximum Gasteiger partial charge on any atom is 0.181 e. The maximum atomic E-state index is 5.17. The van der Waals surface area contributed by atoms with Gasteiger partial charge in [0.25, 0.3) is 0 Å². The molecule has 3 nitrogen and oxygen atoms in total. The second-order valence-corrected chi connectivity index (χ2v) is 3.72. The molecule has 0 aliphatic rings. The van der Waals surface area contributed by atoms with Gasteiger partial charge < -0.3 is 10.3 Å². The van der Waals surface area contributed by atoms with Gasteiger partial charge in [-0.3, -0.25) is 4.57 Å². The van der Waals surface area contributed by atoms with Gasteiger partial charge in [0.05, 0.1) is 0 Å². The van der Waals surface area contributed by atoms with Gasteiger partial charge >= 0.3 is 0 Å². The van der Waals surface area contributed by atoms with Crippen LogP contribution in [0.15, 0.2) is 36.7 Å². The van der Waals surface area contributed by atoms with Crippen LogP contribution in [0.2, 0.25) is 0 Å². The lowest BCUT2D eigenvalue weighted by atomic mass is 10.2. The first kappa shape index (κ1) is 10.1. The Kier molecular flexibility index (Phi) is 2.99. The fourth-order valence-corrected chi connectivity index (χ4v) is 1.78. The van der Waals surface area contributed by atoms with Crippen LogP contribution < -0.4 is 5.32 Å². The summed E-state index contributed by atoms with van der Waals surface area (Å²) in [5.74, 6) is 0. The maximum absolute atomic E-state index is 5.17. The van der Waals surface area contributed by atoms with Crippen molar-refractivity contribution in [3.63, 3.8) is 0 Å². The molecular weight excluding hydrogens is 206 g/mol. The molecule has 15 heavy (non-hydrogen) atoms. The summed E-state index contributed by atoms with van der Waals surface area (Å²) in [4.78, 5) is 2.98. The van der Waals surface area contributed by atoms with Crippen LogP contribution >= 0.6 is 12.2 Å². The quantitative estimate of drug-likeness (QED) is 0.776.